The van der Waals surface area contributed by atoms with E-state index in [9.17, 15) is 29.9 Å². The minimum absolute atomic E-state index is 0.0414. The highest BCUT2D eigenvalue weighted by Gasteiger charge is 2.27. The number of hydrogen-bond acceptors (Lipinski definition) is 4. The molecule has 2 aromatic carbocycles. The van der Waals surface area contributed by atoms with Crippen molar-refractivity contribution in [3.05, 3.63) is 63.2 Å². The second kappa shape index (κ2) is 5.65. The Balaban J connectivity index is 2.97. The minimum atomic E-state index is -1.36. The summed E-state index contributed by atoms with van der Waals surface area (Å²) >= 11 is 0. The van der Waals surface area contributed by atoms with Crippen molar-refractivity contribution < 1.29 is 24.7 Å². The molecule has 7 heteroatoms. The van der Waals surface area contributed by atoms with Gasteiger partial charge in [0.15, 0.2) is 0 Å². The summed E-state index contributed by atoms with van der Waals surface area (Å²) in [6.07, 6.45) is 0. The highest BCUT2D eigenvalue weighted by molar-refractivity contribution is 6.05. The number of aromatic carboxylic acids is 2. The lowest BCUT2D eigenvalue weighted by Crippen LogP contribution is -2.08. The Morgan fingerprint density at radius 2 is 1.45 bits per heavy atom. The van der Waals surface area contributed by atoms with Crippen LogP contribution in [0, 0.1) is 17.0 Å². The highest BCUT2D eigenvalue weighted by Crippen LogP contribution is 2.37. The summed E-state index contributed by atoms with van der Waals surface area (Å²) < 4.78 is 0. The topological polar surface area (TPSA) is 118 Å². The zero-order valence-corrected chi connectivity index (χ0v) is 11.4. The van der Waals surface area contributed by atoms with Crippen molar-refractivity contribution in [2.24, 2.45) is 0 Å². The quantitative estimate of drug-likeness (QED) is 0.662. The minimum Gasteiger partial charge on any atom is -0.478 e. The van der Waals surface area contributed by atoms with Crippen molar-refractivity contribution in [3.63, 3.8) is 0 Å². The number of hydrogen-bond donors (Lipinski definition) is 2. The normalized spacial score (nSPS) is 10.2. The van der Waals surface area contributed by atoms with Crippen LogP contribution < -0.4 is 0 Å². The maximum atomic E-state index is 11.4. The summed E-state index contributed by atoms with van der Waals surface area (Å²) in [5.74, 6) is -2.65. The van der Waals surface area contributed by atoms with Crippen LogP contribution in [0.3, 0.4) is 0 Å². The third-order valence-corrected chi connectivity index (χ3v) is 3.22. The SMILES string of the molecule is Cc1cccc(C(=O)O)c1-c1c(C(=O)O)cccc1[N+](=O)[O-]. The van der Waals surface area contributed by atoms with Gasteiger partial charge in [-0.2, -0.15) is 0 Å². The van der Waals surface area contributed by atoms with Crippen molar-refractivity contribution >= 4 is 17.6 Å². The van der Waals surface area contributed by atoms with Crippen LogP contribution in [0.15, 0.2) is 36.4 Å². The number of nitro benzene ring substituents is 1. The molecular formula is C15H11NO6. The summed E-state index contributed by atoms with van der Waals surface area (Å²) in [5.41, 5.74) is -0.661. The number of nitrogens with zero attached hydrogens (tertiary/aromatic N) is 1. The predicted octanol–water partition coefficient (Wildman–Crippen LogP) is 2.97. The molecule has 0 unspecified atom stereocenters. The Morgan fingerprint density at radius 1 is 0.955 bits per heavy atom. The van der Waals surface area contributed by atoms with Crippen molar-refractivity contribution in [2.45, 2.75) is 6.92 Å². The first-order chi connectivity index (χ1) is 10.3. The van der Waals surface area contributed by atoms with Gasteiger partial charge in [-0.1, -0.05) is 18.2 Å². The molecule has 0 radical (unpaired) electrons. The molecule has 0 bridgehead atoms. The van der Waals surface area contributed by atoms with Gasteiger partial charge in [-0.25, -0.2) is 9.59 Å². The smallest absolute Gasteiger partial charge is 0.336 e. The van der Waals surface area contributed by atoms with Crippen LogP contribution in [0.4, 0.5) is 5.69 Å². The molecule has 112 valence electrons. The molecular weight excluding hydrogens is 290 g/mol. The number of nitro groups is 1. The number of carboxylic acids is 2. The van der Waals surface area contributed by atoms with E-state index >= 15 is 0 Å². The van der Waals surface area contributed by atoms with E-state index in [1.165, 1.54) is 24.3 Å². The van der Waals surface area contributed by atoms with Crippen LogP contribution in [0.1, 0.15) is 26.3 Å². The summed E-state index contributed by atoms with van der Waals surface area (Å²) in [6, 6.07) is 7.97. The lowest BCUT2D eigenvalue weighted by molar-refractivity contribution is -0.384. The van der Waals surface area contributed by atoms with Crippen molar-refractivity contribution in [1.29, 1.82) is 0 Å². The molecule has 0 aromatic heterocycles. The summed E-state index contributed by atoms with van der Waals surface area (Å²) in [6.45, 7) is 1.57. The fourth-order valence-electron chi connectivity index (χ4n) is 2.31. The van der Waals surface area contributed by atoms with Crippen LogP contribution in [-0.4, -0.2) is 27.1 Å². The molecule has 2 aromatic rings. The molecule has 0 aliphatic carbocycles. The molecule has 0 amide bonds. The van der Waals surface area contributed by atoms with Crippen LogP contribution >= 0.6 is 0 Å². The fraction of sp³-hybridized carbons (Fsp3) is 0.0667. The van der Waals surface area contributed by atoms with Crippen LogP contribution in [-0.2, 0) is 0 Å². The Bertz CT molecular complexity index is 764. The zero-order valence-electron chi connectivity index (χ0n) is 11.4. The molecule has 0 fully saturated rings. The van der Waals surface area contributed by atoms with E-state index < -0.39 is 22.5 Å². The standard InChI is InChI=1S/C15H11NO6/c1-8-4-2-5-9(14(17)18)12(8)13-10(15(19)20)6-3-7-11(13)16(21)22/h2-7H,1H3,(H,17,18)(H,19,20). The number of aryl methyl sites for hydroxylation is 1. The lowest BCUT2D eigenvalue weighted by atomic mass is 9.90. The van der Waals surface area contributed by atoms with Gasteiger partial charge < -0.3 is 10.2 Å². The fourth-order valence-corrected chi connectivity index (χ4v) is 2.31. The number of carbonyl (C=O) groups is 2. The average molecular weight is 301 g/mol. The monoisotopic (exact) mass is 301 g/mol. The van der Waals surface area contributed by atoms with Crippen molar-refractivity contribution in [1.82, 2.24) is 0 Å². The molecule has 0 atom stereocenters. The Morgan fingerprint density at radius 3 is 1.95 bits per heavy atom. The zero-order chi connectivity index (χ0) is 16.4. The molecule has 2 rings (SSSR count). The van der Waals surface area contributed by atoms with E-state index in [4.69, 9.17) is 0 Å². The molecule has 0 saturated carbocycles. The highest BCUT2D eigenvalue weighted by atomic mass is 16.6. The molecule has 7 nitrogen and oxygen atoms in total. The van der Waals surface area contributed by atoms with Crippen LogP contribution in [0.2, 0.25) is 0 Å². The van der Waals surface area contributed by atoms with Gasteiger partial charge in [0.25, 0.3) is 5.69 Å². The predicted molar refractivity (Wildman–Crippen MR) is 77.2 cm³/mol. The third kappa shape index (κ3) is 2.51. The van der Waals surface area contributed by atoms with Crippen molar-refractivity contribution in [3.8, 4) is 11.1 Å². The van der Waals surface area contributed by atoms with Gasteiger partial charge in [0, 0.05) is 11.6 Å². The van der Waals surface area contributed by atoms with Gasteiger partial charge in [-0.3, -0.25) is 10.1 Å². The Kier molecular flexibility index (Phi) is 3.89. The van der Waals surface area contributed by atoms with E-state index in [0.29, 0.717) is 5.56 Å². The van der Waals surface area contributed by atoms with Gasteiger partial charge in [-0.05, 0) is 24.6 Å². The number of rotatable bonds is 4. The molecule has 0 heterocycles. The van der Waals surface area contributed by atoms with Gasteiger partial charge in [0.1, 0.15) is 0 Å². The molecule has 2 N–H and O–H groups in total. The lowest BCUT2D eigenvalue weighted by Gasteiger charge is -2.13. The molecule has 0 aliphatic rings. The maximum Gasteiger partial charge on any atom is 0.336 e. The van der Waals surface area contributed by atoms with E-state index in [1.54, 1.807) is 13.0 Å². The second-order valence-electron chi connectivity index (χ2n) is 4.56. The first-order valence-electron chi connectivity index (χ1n) is 6.18. The van der Waals surface area contributed by atoms with Gasteiger partial charge >= 0.3 is 11.9 Å². The molecule has 0 spiro atoms. The largest absolute Gasteiger partial charge is 0.478 e. The summed E-state index contributed by atoms with van der Waals surface area (Å²) in [4.78, 5) is 33.3. The maximum absolute atomic E-state index is 11.4. The van der Waals surface area contributed by atoms with E-state index in [2.05, 4.69) is 0 Å². The van der Waals surface area contributed by atoms with Gasteiger partial charge in [0.05, 0.1) is 21.6 Å². The second-order valence-corrected chi connectivity index (χ2v) is 4.56. The average Bonchev–Trinajstić information content (AvgIpc) is 2.45. The molecule has 0 aliphatic heterocycles. The Hall–Kier alpha value is -3.22. The van der Waals surface area contributed by atoms with E-state index in [0.717, 1.165) is 6.07 Å². The van der Waals surface area contributed by atoms with E-state index in [-0.39, 0.29) is 22.3 Å². The molecule has 0 saturated heterocycles. The van der Waals surface area contributed by atoms with Gasteiger partial charge in [0.2, 0.25) is 0 Å². The van der Waals surface area contributed by atoms with Crippen LogP contribution in [0.25, 0.3) is 11.1 Å². The number of benzene rings is 2. The van der Waals surface area contributed by atoms with Gasteiger partial charge in [-0.15, -0.1) is 0 Å². The van der Waals surface area contributed by atoms with Crippen LogP contribution in [0.5, 0.6) is 0 Å². The molecule has 22 heavy (non-hydrogen) atoms. The Labute approximate surface area is 124 Å². The van der Waals surface area contributed by atoms with E-state index in [1.807, 2.05) is 0 Å². The summed E-state index contributed by atoms with van der Waals surface area (Å²) in [7, 11) is 0. The first-order valence-corrected chi connectivity index (χ1v) is 6.18. The summed E-state index contributed by atoms with van der Waals surface area (Å²) in [5, 5.41) is 29.8. The third-order valence-electron chi connectivity index (χ3n) is 3.22. The van der Waals surface area contributed by atoms with Crippen molar-refractivity contribution in [2.75, 3.05) is 0 Å². The number of carboxylic acid groups (broad SMARTS) is 2. The first kappa shape index (κ1) is 15.2.